The molecule has 2 saturated heterocycles. The highest BCUT2D eigenvalue weighted by Gasteiger charge is 2.36. The number of halogens is 1. The Morgan fingerprint density at radius 3 is 2.89 bits per heavy atom. The lowest BCUT2D eigenvalue weighted by Crippen LogP contribution is -2.39. The number of nitrogens with one attached hydrogen (secondary N) is 2. The monoisotopic (exact) mass is 249 g/mol. The number of hydrogen-bond acceptors (Lipinski definition) is 2. The van der Waals surface area contributed by atoms with E-state index in [-0.39, 0.29) is 23.9 Å². The van der Waals surface area contributed by atoms with Crippen LogP contribution < -0.4 is 10.6 Å². The maximum atomic E-state index is 13.7. The Morgan fingerprint density at radius 1 is 1.33 bits per heavy atom. The minimum Gasteiger partial charge on any atom is -0.329 e. The molecule has 2 heterocycles. The molecular formula is C13H16FN3O. The van der Waals surface area contributed by atoms with E-state index in [9.17, 15) is 9.18 Å². The number of rotatable bonds is 2. The predicted molar refractivity (Wildman–Crippen MR) is 65.7 cm³/mol. The highest BCUT2D eigenvalue weighted by molar-refractivity contribution is 5.77. The van der Waals surface area contributed by atoms with Gasteiger partial charge in [0.25, 0.3) is 0 Å². The van der Waals surface area contributed by atoms with Gasteiger partial charge in [-0.05, 0) is 19.0 Å². The first kappa shape index (κ1) is 11.5. The number of hydrogen-bond donors (Lipinski definition) is 2. The van der Waals surface area contributed by atoms with Crippen LogP contribution in [0.3, 0.4) is 0 Å². The molecule has 0 bridgehead atoms. The van der Waals surface area contributed by atoms with E-state index >= 15 is 0 Å². The summed E-state index contributed by atoms with van der Waals surface area (Å²) in [7, 11) is 0. The molecule has 18 heavy (non-hydrogen) atoms. The molecule has 0 spiro atoms. The Bertz CT molecular complexity index is 459. The maximum absolute atomic E-state index is 13.7. The van der Waals surface area contributed by atoms with Crippen molar-refractivity contribution in [2.24, 2.45) is 0 Å². The quantitative estimate of drug-likeness (QED) is 0.828. The average molecular weight is 249 g/mol. The molecule has 0 aliphatic carbocycles. The SMILES string of the molecule is O=C1NC(c2ccccc2F)CN1C1CCNC1. The Hall–Kier alpha value is -1.62. The molecular weight excluding hydrogens is 233 g/mol. The minimum atomic E-state index is -0.255. The average Bonchev–Trinajstić information content (AvgIpc) is 2.98. The molecule has 0 radical (unpaired) electrons. The third kappa shape index (κ3) is 1.95. The maximum Gasteiger partial charge on any atom is 0.318 e. The molecule has 1 aromatic carbocycles. The summed E-state index contributed by atoms with van der Waals surface area (Å²) in [6.45, 7) is 2.32. The van der Waals surface area contributed by atoms with Crippen molar-refractivity contribution >= 4 is 6.03 Å². The Balaban J connectivity index is 1.77. The highest BCUT2D eigenvalue weighted by Crippen LogP contribution is 2.25. The second kappa shape index (κ2) is 4.57. The van der Waals surface area contributed by atoms with Gasteiger partial charge < -0.3 is 15.5 Å². The highest BCUT2D eigenvalue weighted by atomic mass is 19.1. The zero-order valence-corrected chi connectivity index (χ0v) is 10.0. The molecule has 0 aromatic heterocycles. The van der Waals surface area contributed by atoms with Gasteiger partial charge in [0.05, 0.1) is 6.04 Å². The van der Waals surface area contributed by atoms with Crippen LogP contribution in [0.25, 0.3) is 0 Å². The van der Waals surface area contributed by atoms with Crippen LogP contribution in [0.1, 0.15) is 18.0 Å². The van der Waals surface area contributed by atoms with Crippen LogP contribution in [0.4, 0.5) is 9.18 Å². The topological polar surface area (TPSA) is 44.4 Å². The van der Waals surface area contributed by atoms with Gasteiger partial charge in [-0.1, -0.05) is 18.2 Å². The molecule has 96 valence electrons. The lowest BCUT2D eigenvalue weighted by Gasteiger charge is -2.21. The molecule has 4 nitrogen and oxygen atoms in total. The third-order valence-electron chi connectivity index (χ3n) is 3.69. The fourth-order valence-corrected chi connectivity index (χ4v) is 2.71. The second-order valence-corrected chi connectivity index (χ2v) is 4.82. The van der Waals surface area contributed by atoms with E-state index in [1.165, 1.54) is 6.07 Å². The number of carbonyl (C=O) groups is 1. The van der Waals surface area contributed by atoms with E-state index in [0.29, 0.717) is 12.1 Å². The molecule has 2 aliphatic rings. The summed E-state index contributed by atoms with van der Waals surface area (Å²) in [5.74, 6) is -0.255. The first-order valence-electron chi connectivity index (χ1n) is 6.28. The van der Waals surface area contributed by atoms with Gasteiger partial charge in [0.2, 0.25) is 0 Å². The van der Waals surface area contributed by atoms with Crippen LogP contribution in [-0.2, 0) is 0 Å². The number of urea groups is 1. The zero-order valence-electron chi connectivity index (χ0n) is 10.0. The molecule has 2 aliphatic heterocycles. The predicted octanol–water partition coefficient (Wildman–Crippen LogP) is 1.25. The van der Waals surface area contributed by atoms with Crippen molar-refractivity contribution in [2.45, 2.75) is 18.5 Å². The van der Waals surface area contributed by atoms with Gasteiger partial charge in [-0.25, -0.2) is 9.18 Å². The molecule has 0 saturated carbocycles. The summed E-state index contributed by atoms with van der Waals surface area (Å²) < 4.78 is 13.7. The van der Waals surface area contributed by atoms with Gasteiger partial charge in [0.15, 0.2) is 0 Å². The molecule has 5 heteroatoms. The van der Waals surface area contributed by atoms with Crippen LogP contribution in [0.15, 0.2) is 24.3 Å². The van der Waals surface area contributed by atoms with E-state index in [2.05, 4.69) is 10.6 Å². The fourth-order valence-electron chi connectivity index (χ4n) is 2.71. The van der Waals surface area contributed by atoms with Gasteiger partial charge in [-0.3, -0.25) is 0 Å². The van der Waals surface area contributed by atoms with Crippen molar-refractivity contribution in [3.05, 3.63) is 35.6 Å². The van der Waals surface area contributed by atoms with Crippen molar-refractivity contribution in [3.8, 4) is 0 Å². The lowest BCUT2D eigenvalue weighted by molar-refractivity contribution is 0.201. The Labute approximate surface area is 105 Å². The second-order valence-electron chi connectivity index (χ2n) is 4.82. The zero-order chi connectivity index (χ0) is 12.5. The molecule has 1 aromatic rings. The molecule has 3 rings (SSSR count). The number of amides is 2. The van der Waals surface area contributed by atoms with E-state index in [0.717, 1.165) is 19.5 Å². The summed E-state index contributed by atoms with van der Waals surface area (Å²) in [4.78, 5) is 13.7. The Morgan fingerprint density at radius 2 is 2.17 bits per heavy atom. The largest absolute Gasteiger partial charge is 0.329 e. The molecule has 2 amide bonds. The van der Waals surface area contributed by atoms with Crippen LogP contribution in [0.2, 0.25) is 0 Å². The summed E-state index contributed by atoms with van der Waals surface area (Å²) >= 11 is 0. The summed E-state index contributed by atoms with van der Waals surface area (Å²) in [6, 6.07) is 6.54. The number of benzene rings is 1. The van der Waals surface area contributed by atoms with E-state index in [1.54, 1.807) is 18.2 Å². The lowest BCUT2D eigenvalue weighted by atomic mass is 10.1. The van der Waals surface area contributed by atoms with Crippen molar-refractivity contribution in [1.29, 1.82) is 0 Å². The van der Waals surface area contributed by atoms with Gasteiger partial charge in [-0.15, -0.1) is 0 Å². The normalized spacial score (nSPS) is 27.6. The van der Waals surface area contributed by atoms with Crippen LogP contribution in [-0.4, -0.2) is 36.6 Å². The van der Waals surface area contributed by atoms with Gasteiger partial charge >= 0.3 is 6.03 Å². The smallest absolute Gasteiger partial charge is 0.318 e. The van der Waals surface area contributed by atoms with E-state index < -0.39 is 0 Å². The first-order valence-corrected chi connectivity index (χ1v) is 6.28. The molecule has 2 atom stereocenters. The van der Waals surface area contributed by atoms with E-state index in [1.807, 2.05) is 4.90 Å². The summed E-state index contributed by atoms with van der Waals surface area (Å²) in [5, 5.41) is 6.10. The molecule has 2 N–H and O–H groups in total. The Kier molecular flexibility index (Phi) is 2.91. The van der Waals surface area contributed by atoms with Gasteiger partial charge in [-0.2, -0.15) is 0 Å². The van der Waals surface area contributed by atoms with Crippen LogP contribution in [0.5, 0.6) is 0 Å². The standard InChI is InChI=1S/C13H16FN3O/c14-11-4-2-1-3-10(11)12-8-17(13(18)16-12)9-5-6-15-7-9/h1-4,9,12,15H,5-8H2,(H,16,18). The minimum absolute atomic E-state index is 0.0862. The van der Waals surface area contributed by atoms with E-state index in [4.69, 9.17) is 0 Å². The first-order chi connectivity index (χ1) is 8.75. The van der Waals surface area contributed by atoms with Crippen molar-refractivity contribution < 1.29 is 9.18 Å². The molecule has 2 unspecified atom stereocenters. The summed E-state index contributed by atoms with van der Waals surface area (Å²) in [6.07, 6.45) is 0.970. The van der Waals surface area contributed by atoms with Gasteiger partial charge in [0, 0.05) is 24.7 Å². The van der Waals surface area contributed by atoms with Crippen molar-refractivity contribution in [3.63, 3.8) is 0 Å². The third-order valence-corrected chi connectivity index (χ3v) is 3.69. The van der Waals surface area contributed by atoms with Crippen molar-refractivity contribution in [1.82, 2.24) is 15.5 Å². The van der Waals surface area contributed by atoms with Gasteiger partial charge in [0.1, 0.15) is 5.82 Å². The van der Waals surface area contributed by atoms with Crippen molar-refractivity contribution in [2.75, 3.05) is 19.6 Å². The van der Waals surface area contributed by atoms with Crippen LogP contribution in [0, 0.1) is 5.82 Å². The van der Waals surface area contributed by atoms with Crippen LogP contribution >= 0.6 is 0 Å². The summed E-state index contributed by atoms with van der Waals surface area (Å²) in [5.41, 5.74) is 0.569. The fraction of sp³-hybridized carbons (Fsp3) is 0.462. The number of nitrogens with zero attached hydrogens (tertiary/aromatic N) is 1. The number of carbonyl (C=O) groups excluding carboxylic acids is 1. The molecule has 2 fully saturated rings.